The van der Waals surface area contributed by atoms with E-state index < -0.39 is 0 Å². The Morgan fingerprint density at radius 3 is 2.88 bits per heavy atom. The molecule has 1 fully saturated rings. The quantitative estimate of drug-likeness (QED) is 0.943. The number of pyridine rings is 1. The molecule has 2 heterocycles. The molecule has 0 bridgehead atoms. The first kappa shape index (κ1) is 16.6. The minimum atomic E-state index is -0.324. The summed E-state index contributed by atoms with van der Waals surface area (Å²) in [7, 11) is 0. The highest BCUT2D eigenvalue weighted by atomic mass is 19.1. The van der Waals surface area contributed by atoms with E-state index in [0.717, 1.165) is 24.1 Å². The van der Waals surface area contributed by atoms with Gasteiger partial charge in [0, 0.05) is 25.2 Å². The highest BCUT2D eigenvalue weighted by Gasteiger charge is 2.21. The highest BCUT2D eigenvalue weighted by molar-refractivity contribution is 5.92. The van der Waals surface area contributed by atoms with Crippen LogP contribution in [-0.2, 0) is 6.42 Å². The van der Waals surface area contributed by atoms with Crippen LogP contribution in [0, 0.1) is 5.82 Å². The van der Waals surface area contributed by atoms with Gasteiger partial charge in [0.2, 0.25) is 0 Å². The Bertz CT molecular complexity index is 720. The standard InChI is InChI=1S/C19H21FN2O2/c20-15-5-1-4-14(12-15)13-16-6-2-8-18(21-16)19(24)22-10-3-7-17(23)9-11-22/h1-2,4-6,8,12,17,23H,3,7,9-11,13H2/t17-/m0/s1. The second-order valence-electron chi connectivity index (χ2n) is 6.20. The fraction of sp³-hybridized carbons (Fsp3) is 0.368. The molecule has 1 aromatic carbocycles. The summed E-state index contributed by atoms with van der Waals surface area (Å²) in [6.07, 6.45) is 2.30. The van der Waals surface area contributed by atoms with Crippen molar-refractivity contribution < 1.29 is 14.3 Å². The van der Waals surface area contributed by atoms with E-state index in [0.29, 0.717) is 31.6 Å². The number of benzene rings is 1. The maximum absolute atomic E-state index is 13.3. The average molecular weight is 328 g/mol. The van der Waals surface area contributed by atoms with Crippen LogP contribution >= 0.6 is 0 Å². The molecule has 0 saturated carbocycles. The van der Waals surface area contributed by atoms with Crippen LogP contribution in [0.1, 0.15) is 41.0 Å². The third-order valence-electron chi connectivity index (χ3n) is 4.28. The minimum Gasteiger partial charge on any atom is -0.393 e. The number of halogens is 1. The summed E-state index contributed by atoms with van der Waals surface area (Å²) in [4.78, 5) is 18.8. The molecule has 24 heavy (non-hydrogen) atoms. The van der Waals surface area contributed by atoms with Gasteiger partial charge in [-0.05, 0) is 49.1 Å². The third kappa shape index (κ3) is 4.17. The molecule has 1 saturated heterocycles. The number of likely N-dealkylation sites (tertiary alicyclic amines) is 1. The molecule has 3 rings (SSSR count). The van der Waals surface area contributed by atoms with E-state index >= 15 is 0 Å². The molecule has 1 aliphatic heterocycles. The average Bonchev–Trinajstić information content (AvgIpc) is 2.79. The second kappa shape index (κ2) is 7.53. The van der Waals surface area contributed by atoms with Crippen molar-refractivity contribution in [3.05, 3.63) is 65.2 Å². The van der Waals surface area contributed by atoms with Crippen molar-refractivity contribution in [3.8, 4) is 0 Å². The smallest absolute Gasteiger partial charge is 0.272 e. The van der Waals surface area contributed by atoms with E-state index in [1.54, 1.807) is 17.0 Å². The number of carbonyl (C=O) groups is 1. The monoisotopic (exact) mass is 328 g/mol. The number of nitrogens with zero attached hydrogens (tertiary/aromatic N) is 2. The summed E-state index contributed by atoms with van der Waals surface area (Å²) in [6, 6.07) is 11.8. The molecule has 2 aromatic rings. The molecule has 0 spiro atoms. The molecular weight excluding hydrogens is 307 g/mol. The van der Waals surface area contributed by atoms with Gasteiger partial charge in [0.25, 0.3) is 5.91 Å². The molecule has 4 nitrogen and oxygen atoms in total. The van der Waals surface area contributed by atoms with Gasteiger partial charge in [0.15, 0.2) is 0 Å². The number of aliphatic hydroxyl groups excluding tert-OH is 1. The van der Waals surface area contributed by atoms with E-state index in [-0.39, 0.29) is 17.8 Å². The van der Waals surface area contributed by atoms with E-state index in [1.807, 2.05) is 18.2 Å². The minimum absolute atomic E-state index is 0.106. The van der Waals surface area contributed by atoms with E-state index in [1.165, 1.54) is 12.1 Å². The van der Waals surface area contributed by atoms with Crippen molar-refractivity contribution in [2.45, 2.75) is 31.8 Å². The molecule has 126 valence electrons. The van der Waals surface area contributed by atoms with Crippen LogP contribution in [0.2, 0.25) is 0 Å². The zero-order valence-electron chi connectivity index (χ0n) is 13.5. The molecular formula is C19H21FN2O2. The van der Waals surface area contributed by atoms with Crippen molar-refractivity contribution in [2.75, 3.05) is 13.1 Å². The van der Waals surface area contributed by atoms with Crippen molar-refractivity contribution in [1.82, 2.24) is 9.88 Å². The lowest BCUT2D eigenvalue weighted by atomic mass is 10.1. The summed E-state index contributed by atoms with van der Waals surface area (Å²) in [5, 5.41) is 9.71. The summed E-state index contributed by atoms with van der Waals surface area (Å²) in [5.74, 6) is -0.381. The summed E-state index contributed by atoms with van der Waals surface area (Å²) in [5.41, 5.74) is 1.96. The maximum Gasteiger partial charge on any atom is 0.272 e. The fourth-order valence-electron chi connectivity index (χ4n) is 3.00. The Morgan fingerprint density at radius 1 is 1.21 bits per heavy atom. The van der Waals surface area contributed by atoms with Crippen LogP contribution in [0.5, 0.6) is 0 Å². The predicted octanol–water partition coefficient (Wildman–Crippen LogP) is 2.80. The lowest BCUT2D eigenvalue weighted by Gasteiger charge is -2.20. The van der Waals surface area contributed by atoms with Gasteiger partial charge in [-0.1, -0.05) is 18.2 Å². The molecule has 0 radical (unpaired) electrons. The molecule has 1 amide bonds. The highest BCUT2D eigenvalue weighted by Crippen LogP contribution is 2.15. The van der Waals surface area contributed by atoms with Gasteiger partial charge in [-0.3, -0.25) is 4.79 Å². The number of hydrogen-bond acceptors (Lipinski definition) is 3. The van der Waals surface area contributed by atoms with Gasteiger partial charge in [-0.15, -0.1) is 0 Å². The van der Waals surface area contributed by atoms with Crippen LogP contribution in [0.25, 0.3) is 0 Å². The van der Waals surface area contributed by atoms with Gasteiger partial charge in [0.05, 0.1) is 6.10 Å². The van der Waals surface area contributed by atoms with Gasteiger partial charge in [0.1, 0.15) is 11.5 Å². The van der Waals surface area contributed by atoms with E-state index in [4.69, 9.17) is 0 Å². The van der Waals surface area contributed by atoms with Gasteiger partial charge < -0.3 is 10.0 Å². The van der Waals surface area contributed by atoms with Gasteiger partial charge in [-0.2, -0.15) is 0 Å². The zero-order valence-corrected chi connectivity index (χ0v) is 13.5. The third-order valence-corrected chi connectivity index (χ3v) is 4.28. The number of hydrogen-bond donors (Lipinski definition) is 1. The summed E-state index contributed by atoms with van der Waals surface area (Å²) >= 11 is 0. The SMILES string of the molecule is O=C(c1cccc(Cc2cccc(F)c2)n1)N1CCC[C@H](O)CC1. The Morgan fingerprint density at radius 2 is 2.04 bits per heavy atom. The lowest BCUT2D eigenvalue weighted by Crippen LogP contribution is -2.33. The molecule has 1 aliphatic rings. The summed E-state index contributed by atoms with van der Waals surface area (Å²) < 4.78 is 13.3. The Kier molecular flexibility index (Phi) is 5.20. The fourth-order valence-corrected chi connectivity index (χ4v) is 3.00. The summed E-state index contributed by atoms with van der Waals surface area (Å²) in [6.45, 7) is 1.20. The number of amides is 1. The van der Waals surface area contributed by atoms with Crippen molar-refractivity contribution >= 4 is 5.91 Å². The van der Waals surface area contributed by atoms with Crippen LogP contribution in [0.15, 0.2) is 42.5 Å². The second-order valence-corrected chi connectivity index (χ2v) is 6.20. The van der Waals surface area contributed by atoms with Crippen LogP contribution in [0.4, 0.5) is 4.39 Å². The maximum atomic E-state index is 13.3. The van der Waals surface area contributed by atoms with Crippen LogP contribution in [-0.4, -0.2) is 40.1 Å². The van der Waals surface area contributed by atoms with Crippen molar-refractivity contribution in [3.63, 3.8) is 0 Å². The number of carbonyl (C=O) groups excluding carboxylic acids is 1. The zero-order chi connectivity index (χ0) is 16.9. The molecule has 1 aromatic heterocycles. The first-order chi connectivity index (χ1) is 11.6. The number of aliphatic hydroxyl groups is 1. The molecule has 1 N–H and O–H groups in total. The molecule has 5 heteroatoms. The first-order valence-corrected chi connectivity index (χ1v) is 8.29. The number of rotatable bonds is 3. The normalized spacial score (nSPS) is 18.2. The van der Waals surface area contributed by atoms with Crippen molar-refractivity contribution in [2.24, 2.45) is 0 Å². The van der Waals surface area contributed by atoms with Crippen LogP contribution in [0.3, 0.4) is 0 Å². The molecule has 0 aliphatic carbocycles. The van der Waals surface area contributed by atoms with Crippen molar-refractivity contribution in [1.29, 1.82) is 0 Å². The van der Waals surface area contributed by atoms with E-state index in [9.17, 15) is 14.3 Å². The Balaban J connectivity index is 1.73. The lowest BCUT2D eigenvalue weighted by molar-refractivity contribution is 0.0747. The predicted molar refractivity (Wildman–Crippen MR) is 89.2 cm³/mol. The Hall–Kier alpha value is -2.27. The number of aromatic nitrogens is 1. The Labute approximate surface area is 141 Å². The molecule has 0 unspecified atom stereocenters. The van der Waals surface area contributed by atoms with Crippen LogP contribution < -0.4 is 0 Å². The largest absolute Gasteiger partial charge is 0.393 e. The first-order valence-electron chi connectivity index (χ1n) is 8.29. The van der Waals surface area contributed by atoms with E-state index in [2.05, 4.69) is 4.98 Å². The van der Waals surface area contributed by atoms with Gasteiger partial charge >= 0.3 is 0 Å². The van der Waals surface area contributed by atoms with Gasteiger partial charge in [-0.25, -0.2) is 9.37 Å². The molecule has 1 atom stereocenters. The topological polar surface area (TPSA) is 53.4 Å².